The van der Waals surface area contributed by atoms with E-state index in [1.807, 2.05) is 6.07 Å². The van der Waals surface area contributed by atoms with Gasteiger partial charge in [-0.25, -0.2) is 0 Å². The van der Waals surface area contributed by atoms with Crippen molar-refractivity contribution < 1.29 is 14.1 Å². The normalized spacial score (nSPS) is 10.0. The average molecular weight is 297 g/mol. The molecular formula is C11H9BrN2O3. The number of nitrogens with one attached hydrogen (secondary N) is 1. The van der Waals surface area contributed by atoms with Gasteiger partial charge in [-0.1, -0.05) is 21.1 Å². The fourth-order valence-corrected chi connectivity index (χ4v) is 1.66. The molecule has 0 saturated carbocycles. The summed E-state index contributed by atoms with van der Waals surface area (Å²) in [4.78, 5) is 11.7. The first kappa shape index (κ1) is 11.7. The van der Waals surface area contributed by atoms with E-state index in [0.29, 0.717) is 11.4 Å². The molecule has 0 aliphatic rings. The predicted molar refractivity (Wildman–Crippen MR) is 65.2 cm³/mol. The molecule has 1 aromatic heterocycles. The Balaban J connectivity index is 2.23. The summed E-state index contributed by atoms with van der Waals surface area (Å²) in [6.07, 6.45) is 1.41. The van der Waals surface area contributed by atoms with Crippen LogP contribution in [0.25, 0.3) is 0 Å². The summed E-state index contributed by atoms with van der Waals surface area (Å²) >= 11 is 3.32. The zero-order valence-electron chi connectivity index (χ0n) is 8.94. The van der Waals surface area contributed by atoms with Gasteiger partial charge in [0, 0.05) is 10.5 Å². The van der Waals surface area contributed by atoms with Crippen LogP contribution in [0.2, 0.25) is 0 Å². The van der Waals surface area contributed by atoms with Crippen LogP contribution < -0.4 is 10.1 Å². The van der Waals surface area contributed by atoms with Crippen LogP contribution in [0.3, 0.4) is 0 Å². The van der Waals surface area contributed by atoms with E-state index in [1.165, 1.54) is 19.4 Å². The molecule has 1 amide bonds. The van der Waals surface area contributed by atoms with Gasteiger partial charge in [0.1, 0.15) is 5.75 Å². The standard InChI is InChI=1S/C11H9BrN2O3/c1-16-9-3-2-7(12)6-8(9)14-11(15)10-4-5-13-17-10/h2-6H,1H3,(H,14,15). The zero-order chi connectivity index (χ0) is 12.3. The molecule has 0 fully saturated rings. The van der Waals surface area contributed by atoms with Crippen molar-refractivity contribution >= 4 is 27.5 Å². The molecular weight excluding hydrogens is 288 g/mol. The number of halogens is 1. The number of nitrogens with zero attached hydrogens (tertiary/aromatic N) is 1. The third-order valence-electron chi connectivity index (χ3n) is 2.07. The fourth-order valence-electron chi connectivity index (χ4n) is 1.29. The van der Waals surface area contributed by atoms with Crippen molar-refractivity contribution in [3.8, 4) is 5.75 Å². The zero-order valence-corrected chi connectivity index (χ0v) is 10.5. The highest BCUT2D eigenvalue weighted by atomic mass is 79.9. The van der Waals surface area contributed by atoms with E-state index in [0.717, 1.165) is 4.47 Å². The molecule has 0 atom stereocenters. The van der Waals surface area contributed by atoms with Crippen molar-refractivity contribution in [2.45, 2.75) is 0 Å². The number of benzene rings is 1. The maximum absolute atomic E-state index is 11.7. The molecule has 0 bridgehead atoms. The molecule has 6 heteroatoms. The molecule has 5 nitrogen and oxygen atoms in total. The van der Waals surface area contributed by atoms with Gasteiger partial charge in [-0.05, 0) is 18.2 Å². The van der Waals surface area contributed by atoms with Gasteiger partial charge >= 0.3 is 0 Å². The summed E-state index contributed by atoms with van der Waals surface area (Å²) in [6.45, 7) is 0. The van der Waals surface area contributed by atoms with E-state index in [-0.39, 0.29) is 11.7 Å². The van der Waals surface area contributed by atoms with Crippen LogP contribution in [0, 0.1) is 0 Å². The van der Waals surface area contributed by atoms with Gasteiger partial charge in [0.05, 0.1) is 19.0 Å². The summed E-state index contributed by atoms with van der Waals surface area (Å²) in [5.74, 6) is 0.340. The van der Waals surface area contributed by atoms with Crippen molar-refractivity contribution in [2.24, 2.45) is 0 Å². The van der Waals surface area contributed by atoms with Crippen LogP contribution in [0.5, 0.6) is 5.75 Å². The van der Waals surface area contributed by atoms with Gasteiger partial charge in [-0.15, -0.1) is 0 Å². The lowest BCUT2D eigenvalue weighted by atomic mass is 10.3. The van der Waals surface area contributed by atoms with Gasteiger partial charge in [-0.2, -0.15) is 0 Å². The molecule has 0 radical (unpaired) electrons. The predicted octanol–water partition coefficient (Wildman–Crippen LogP) is 2.70. The number of aromatic nitrogens is 1. The maximum Gasteiger partial charge on any atom is 0.294 e. The maximum atomic E-state index is 11.7. The Morgan fingerprint density at radius 2 is 2.29 bits per heavy atom. The summed E-state index contributed by atoms with van der Waals surface area (Å²) in [5, 5.41) is 6.15. The molecule has 2 aromatic rings. The highest BCUT2D eigenvalue weighted by Gasteiger charge is 2.12. The van der Waals surface area contributed by atoms with E-state index in [9.17, 15) is 4.79 Å². The summed E-state index contributed by atoms with van der Waals surface area (Å²) in [6, 6.07) is 6.80. The monoisotopic (exact) mass is 296 g/mol. The Bertz CT molecular complexity index is 526. The Morgan fingerprint density at radius 1 is 1.47 bits per heavy atom. The lowest BCUT2D eigenvalue weighted by Crippen LogP contribution is -2.11. The summed E-state index contributed by atoms with van der Waals surface area (Å²) in [5.41, 5.74) is 0.559. The number of rotatable bonds is 3. The smallest absolute Gasteiger partial charge is 0.294 e. The first-order valence-electron chi connectivity index (χ1n) is 4.76. The lowest BCUT2D eigenvalue weighted by Gasteiger charge is -2.09. The third-order valence-corrected chi connectivity index (χ3v) is 2.56. The Kier molecular flexibility index (Phi) is 3.43. The topological polar surface area (TPSA) is 64.4 Å². The number of amides is 1. The minimum atomic E-state index is -0.376. The molecule has 1 heterocycles. The fraction of sp³-hybridized carbons (Fsp3) is 0.0909. The lowest BCUT2D eigenvalue weighted by molar-refractivity contribution is 0.0987. The number of carbonyl (C=O) groups is 1. The van der Waals surface area contributed by atoms with Crippen LogP contribution in [-0.4, -0.2) is 18.2 Å². The molecule has 0 saturated heterocycles. The van der Waals surface area contributed by atoms with E-state index in [4.69, 9.17) is 9.26 Å². The minimum Gasteiger partial charge on any atom is -0.495 e. The molecule has 17 heavy (non-hydrogen) atoms. The van der Waals surface area contributed by atoms with Crippen molar-refractivity contribution in [3.63, 3.8) is 0 Å². The Morgan fingerprint density at radius 3 is 2.94 bits per heavy atom. The van der Waals surface area contributed by atoms with Crippen molar-refractivity contribution in [1.29, 1.82) is 0 Å². The second kappa shape index (κ2) is 5.01. The number of hydrogen-bond donors (Lipinski definition) is 1. The van der Waals surface area contributed by atoms with Gasteiger partial charge < -0.3 is 14.6 Å². The largest absolute Gasteiger partial charge is 0.495 e. The van der Waals surface area contributed by atoms with Crippen LogP contribution in [-0.2, 0) is 0 Å². The van der Waals surface area contributed by atoms with Crippen molar-refractivity contribution in [3.05, 3.63) is 40.7 Å². The van der Waals surface area contributed by atoms with E-state index in [1.54, 1.807) is 12.1 Å². The van der Waals surface area contributed by atoms with E-state index in [2.05, 4.69) is 26.4 Å². The summed E-state index contributed by atoms with van der Waals surface area (Å²) in [7, 11) is 1.54. The SMILES string of the molecule is COc1ccc(Br)cc1NC(=O)c1ccno1. The molecule has 1 aromatic carbocycles. The first-order chi connectivity index (χ1) is 8.20. The molecule has 2 rings (SSSR count). The number of methoxy groups -OCH3 is 1. The molecule has 1 N–H and O–H groups in total. The molecule has 0 aliphatic heterocycles. The van der Waals surface area contributed by atoms with Gasteiger partial charge in [0.2, 0.25) is 5.76 Å². The van der Waals surface area contributed by atoms with Crippen LogP contribution in [0.15, 0.2) is 39.5 Å². The quantitative estimate of drug-likeness (QED) is 0.946. The molecule has 0 unspecified atom stereocenters. The molecule has 0 aliphatic carbocycles. The van der Waals surface area contributed by atoms with Gasteiger partial charge in [0.25, 0.3) is 5.91 Å². The number of anilines is 1. The Labute approximate surface area is 106 Å². The minimum absolute atomic E-state index is 0.145. The Hall–Kier alpha value is -1.82. The van der Waals surface area contributed by atoms with Gasteiger partial charge in [0.15, 0.2) is 0 Å². The summed E-state index contributed by atoms with van der Waals surface area (Å²) < 4.78 is 10.7. The van der Waals surface area contributed by atoms with Gasteiger partial charge in [-0.3, -0.25) is 4.79 Å². The first-order valence-corrected chi connectivity index (χ1v) is 5.55. The third kappa shape index (κ3) is 2.65. The molecule has 88 valence electrons. The number of carbonyl (C=O) groups excluding carboxylic acids is 1. The highest BCUT2D eigenvalue weighted by Crippen LogP contribution is 2.28. The number of ether oxygens (including phenoxy) is 1. The second-order valence-corrected chi connectivity index (χ2v) is 4.09. The van der Waals surface area contributed by atoms with Crippen molar-refractivity contribution in [2.75, 3.05) is 12.4 Å². The van der Waals surface area contributed by atoms with Crippen molar-refractivity contribution in [1.82, 2.24) is 5.16 Å². The van der Waals surface area contributed by atoms with Crippen LogP contribution in [0.4, 0.5) is 5.69 Å². The van der Waals surface area contributed by atoms with E-state index < -0.39 is 0 Å². The highest BCUT2D eigenvalue weighted by molar-refractivity contribution is 9.10. The van der Waals surface area contributed by atoms with Crippen LogP contribution >= 0.6 is 15.9 Å². The number of hydrogen-bond acceptors (Lipinski definition) is 4. The molecule has 0 spiro atoms. The van der Waals surface area contributed by atoms with Crippen LogP contribution in [0.1, 0.15) is 10.6 Å². The second-order valence-electron chi connectivity index (χ2n) is 3.18. The average Bonchev–Trinajstić information content (AvgIpc) is 2.83. The van der Waals surface area contributed by atoms with E-state index >= 15 is 0 Å².